The van der Waals surface area contributed by atoms with Gasteiger partial charge in [0.1, 0.15) is 0 Å². The van der Waals surface area contributed by atoms with Crippen molar-refractivity contribution in [3.05, 3.63) is 21.9 Å². The molecule has 0 amide bonds. The van der Waals surface area contributed by atoms with E-state index in [4.69, 9.17) is 0 Å². The fourth-order valence-electron chi connectivity index (χ4n) is 1.56. The Balaban J connectivity index is 2.15. The molecule has 1 fully saturated rings. The quantitative estimate of drug-likeness (QED) is 0.675. The lowest BCUT2D eigenvalue weighted by Crippen LogP contribution is -2.07. The van der Waals surface area contributed by atoms with Crippen molar-refractivity contribution >= 4 is 11.3 Å². The first-order valence-corrected chi connectivity index (χ1v) is 5.00. The molecule has 2 rings (SSSR count). The van der Waals surface area contributed by atoms with Gasteiger partial charge in [-0.05, 0) is 36.9 Å². The van der Waals surface area contributed by atoms with Gasteiger partial charge < -0.3 is 5.32 Å². The van der Waals surface area contributed by atoms with Gasteiger partial charge in [-0.15, -0.1) is 11.3 Å². The molecule has 0 aliphatic carbocycles. The van der Waals surface area contributed by atoms with Gasteiger partial charge in [0.25, 0.3) is 0 Å². The Bertz CT molecular complexity index is 235. The van der Waals surface area contributed by atoms with Gasteiger partial charge in [-0.25, -0.2) is 0 Å². The van der Waals surface area contributed by atoms with Crippen LogP contribution < -0.4 is 5.32 Å². The number of thiophene rings is 1. The molecule has 1 aliphatic heterocycles. The molecule has 1 saturated heterocycles. The van der Waals surface area contributed by atoms with Crippen LogP contribution in [0.4, 0.5) is 0 Å². The van der Waals surface area contributed by atoms with E-state index < -0.39 is 0 Å². The lowest BCUT2D eigenvalue weighted by Gasteiger charge is -2.02. The first-order chi connectivity index (χ1) is 5.36. The molecule has 1 aliphatic rings. The molecule has 11 heavy (non-hydrogen) atoms. The van der Waals surface area contributed by atoms with E-state index in [0.29, 0.717) is 0 Å². The molecule has 0 spiro atoms. The molecule has 0 bridgehead atoms. The zero-order valence-electron chi connectivity index (χ0n) is 6.76. The van der Waals surface area contributed by atoms with E-state index in [-0.39, 0.29) is 0 Å². The third kappa shape index (κ3) is 1.47. The van der Waals surface area contributed by atoms with Crippen LogP contribution in [0.2, 0.25) is 0 Å². The van der Waals surface area contributed by atoms with E-state index in [2.05, 4.69) is 23.7 Å². The summed E-state index contributed by atoms with van der Waals surface area (Å²) >= 11 is 1.91. The minimum Gasteiger partial charge on any atom is -0.316 e. The maximum atomic E-state index is 3.39. The van der Waals surface area contributed by atoms with E-state index in [1.54, 1.807) is 4.88 Å². The molecule has 1 atom stereocenters. The lowest BCUT2D eigenvalue weighted by atomic mass is 10.1. The highest BCUT2D eigenvalue weighted by atomic mass is 32.1. The van der Waals surface area contributed by atoms with E-state index in [9.17, 15) is 0 Å². The second kappa shape index (κ2) is 2.95. The van der Waals surface area contributed by atoms with Crippen molar-refractivity contribution in [2.75, 3.05) is 13.1 Å². The first kappa shape index (κ1) is 7.32. The summed E-state index contributed by atoms with van der Waals surface area (Å²) in [5, 5.41) is 5.63. The van der Waals surface area contributed by atoms with Crippen molar-refractivity contribution in [1.29, 1.82) is 0 Å². The van der Waals surface area contributed by atoms with Gasteiger partial charge in [-0.2, -0.15) is 0 Å². The Kier molecular flexibility index (Phi) is 1.96. The number of aryl methyl sites for hydroxylation is 1. The Morgan fingerprint density at radius 3 is 3.09 bits per heavy atom. The van der Waals surface area contributed by atoms with Crippen molar-refractivity contribution in [2.45, 2.75) is 19.3 Å². The maximum Gasteiger partial charge on any atom is 0.00920 e. The third-order valence-corrected chi connectivity index (χ3v) is 3.43. The van der Waals surface area contributed by atoms with Gasteiger partial charge in [-0.1, -0.05) is 0 Å². The summed E-state index contributed by atoms with van der Waals surface area (Å²) in [7, 11) is 0. The van der Waals surface area contributed by atoms with Gasteiger partial charge >= 0.3 is 0 Å². The molecule has 0 saturated carbocycles. The predicted octanol–water partition coefficient (Wildman–Crippen LogP) is 2.13. The molecule has 2 heteroatoms. The standard InChI is InChI=1S/C9H13NS/c1-7-4-9(11-6-7)8-2-3-10-5-8/h4,6,8,10H,2-3,5H2,1H3. The average molecular weight is 167 g/mol. The molecule has 1 aromatic rings. The van der Waals surface area contributed by atoms with Crippen LogP contribution in [-0.2, 0) is 0 Å². The summed E-state index contributed by atoms with van der Waals surface area (Å²) in [4.78, 5) is 1.56. The molecule has 0 aromatic carbocycles. The van der Waals surface area contributed by atoms with Crippen LogP contribution in [0.5, 0.6) is 0 Å². The van der Waals surface area contributed by atoms with Crippen molar-refractivity contribution in [1.82, 2.24) is 5.32 Å². The molecule has 1 unspecified atom stereocenters. The smallest absolute Gasteiger partial charge is 0.00920 e. The minimum atomic E-state index is 0.800. The molecule has 1 aromatic heterocycles. The molecular weight excluding hydrogens is 154 g/mol. The van der Waals surface area contributed by atoms with Crippen molar-refractivity contribution in [3.63, 3.8) is 0 Å². The van der Waals surface area contributed by atoms with Crippen LogP contribution in [-0.4, -0.2) is 13.1 Å². The van der Waals surface area contributed by atoms with Gasteiger partial charge in [-0.3, -0.25) is 0 Å². The molecule has 1 nitrogen and oxygen atoms in total. The Morgan fingerprint density at radius 1 is 1.64 bits per heavy atom. The van der Waals surface area contributed by atoms with E-state index in [1.165, 1.54) is 25.1 Å². The summed E-state index contributed by atoms with van der Waals surface area (Å²) in [6, 6.07) is 2.32. The molecule has 1 N–H and O–H groups in total. The van der Waals surface area contributed by atoms with Crippen LogP contribution in [0.25, 0.3) is 0 Å². The summed E-state index contributed by atoms with van der Waals surface area (Å²) < 4.78 is 0. The van der Waals surface area contributed by atoms with Gasteiger partial charge in [0.15, 0.2) is 0 Å². The summed E-state index contributed by atoms with van der Waals surface area (Å²) in [5.41, 5.74) is 1.41. The largest absolute Gasteiger partial charge is 0.316 e. The number of nitrogens with one attached hydrogen (secondary N) is 1. The van der Waals surface area contributed by atoms with E-state index >= 15 is 0 Å². The fraction of sp³-hybridized carbons (Fsp3) is 0.556. The SMILES string of the molecule is Cc1csc(C2CCNC2)c1. The van der Waals surface area contributed by atoms with Crippen LogP contribution in [0.15, 0.2) is 11.4 Å². The average Bonchev–Trinajstić information content (AvgIpc) is 2.55. The molecule has 60 valence electrons. The Labute approximate surface area is 71.4 Å². The summed E-state index contributed by atoms with van der Waals surface area (Å²) in [6.07, 6.45) is 1.32. The van der Waals surface area contributed by atoms with Crippen LogP contribution in [0.3, 0.4) is 0 Å². The topological polar surface area (TPSA) is 12.0 Å². The third-order valence-electron chi connectivity index (χ3n) is 2.21. The second-order valence-electron chi connectivity index (χ2n) is 3.22. The maximum absolute atomic E-state index is 3.39. The normalized spacial score (nSPS) is 24.3. The number of hydrogen-bond acceptors (Lipinski definition) is 2. The van der Waals surface area contributed by atoms with Gasteiger partial charge in [0.2, 0.25) is 0 Å². The zero-order chi connectivity index (χ0) is 7.68. The predicted molar refractivity (Wildman–Crippen MR) is 49.3 cm³/mol. The minimum absolute atomic E-state index is 0.800. The number of rotatable bonds is 1. The lowest BCUT2D eigenvalue weighted by molar-refractivity contribution is 0.778. The van der Waals surface area contributed by atoms with Crippen molar-refractivity contribution < 1.29 is 0 Å². The molecular formula is C9H13NS. The number of hydrogen-bond donors (Lipinski definition) is 1. The highest BCUT2D eigenvalue weighted by Crippen LogP contribution is 2.27. The molecule has 2 heterocycles. The van der Waals surface area contributed by atoms with Crippen LogP contribution >= 0.6 is 11.3 Å². The monoisotopic (exact) mass is 167 g/mol. The fourth-order valence-corrected chi connectivity index (χ4v) is 2.60. The van der Waals surface area contributed by atoms with Gasteiger partial charge in [0.05, 0.1) is 0 Å². The second-order valence-corrected chi connectivity index (χ2v) is 4.16. The Hall–Kier alpha value is -0.340. The first-order valence-electron chi connectivity index (χ1n) is 4.12. The van der Waals surface area contributed by atoms with Crippen molar-refractivity contribution in [2.24, 2.45) is 0 Å². The van der Waals surface area contributed by atoms with Crippen LogP contribution in [0, 0.1) is 6.92 Å². The highest BCUT2D eigenvalue weighted by Gasteiger charge is 2.17. The van der Waals surface area contributed by atoms with Crippen molar-refractivity contribution in [3.8, 4) is 0 Å². The van der Waals surface area contributed by atoms with Gasteiger partial charge in [0, 0.05) is 17.3 Å². The molecule has 0 radical (unpaired) electrons. The zero-order valence-corrected chi connectivity index (χ0v) is 7.58. The van der Waals surface area contributed by atoms with Crippen LogP contribution in [0.1, 0.15) is 22.8 Å². The van der Waals surface area contributed by atoms with E-state index in [0.717, 1.165) is 5.92 Å². The van der Waals surface area contributed by atoms with E-state index in [1.807, 2.05) is 11.3 Å². The highest BCUT2D eigenvalue weighted by molar-refractivity contribution is 7.10. The summed E-state index contributed by atoms with van der Waals surface area (Å²) in [6.45, 7) is 4.55. The Morgan fingerprint density at radius 2 is 2.55 bits per heavy atom. The summed E-state index contributed by atoms with van der Waals surface area (Å²) in [5.74, 6) is 0.800.